The first-order valence-corrected chi connectivity index (χ1v) is 12.0. The molecule has 1 aromatic rings. The zero-order chi connectivity index (χ0) is 22.2. The number of rotatable bonds is 6. The van der Waals surface area contributed by atoms with E-state index in [1.54, 1.807) is 20.8 Å². The minimum Gasteiger partial charge on any atom is -0.383 e. The lowest BCUT2D eigenvalue weighted by atomic mass is 9.87. The van der Waals surface area contributed by atoms with Crippen molar-refractivity contribution in [1.82, 2.24) is 9.55 Å². The van der Waals surface area contributed by atoms with Gasteiger partial charge in [-0.05, 0) is 50.5 Å². The summed E-state index contributed by atoms with van der Waals surface area (Å²) < 4.78 is 24.6. The van der Waals surface area contributed by atoms with Crippen molar-refractivity contribution in [3.8, 4) is 0 Å². The number of nitrogens with two attached hydrogens (primary N) is 1. The molecule has 9 nitrogen and oxygen atoms in total. The number of nitrogen functional groups attached to an aromatic ring is 1. The second kappa shape index (κ2) is 8.70. The van der Waals surface area contributed by atoms with Crippen LogP contribution in [0, 0.1) is 5.41 Å². The van der Waals surface area contributed by atoms with E-state index < -0.39 is 42.5 Å². The molecule has 1 aliphatic rings. The third-order valence-corrected chi connectivity index (χ3v) is 5.91. The number of hydrogen-bond acceptors (Lipinski definition) is 8. The molecule has 0 saturated carbocycles. The molecule has 2 rings (SSSR count). The molecule has 3 N–H and O–H groups in total. The van der Waals surface area contributed by atoms with Gasteiger partial charge in [-0.3, -0.25) is 9.09 Å². The minimum atomic E-state index is -3.60. The quantitative estimate of drug-likeness (QED) is 0.632. The first-order valence-electron chi connectivity index (χ1n) is 9.37. The lowest BCUT2D eigenvalue weighted by molar-refractivity contribution is -0.0592. The Morgan fingerprint density at radius 1 is 1.31 bits per heavy atom. The first-order chi connectivity index (χ1) is 13.1. The van der Waals surface area contributed by atoms with Gasteiger partial charge in [0.15, 0.2) is 6.23 Å². The number of nitrogens with zero attached hydrogens (tertiary/aromatic N) is 2. The van der Waals surface area contributed by atoms with E-state index >= 15 is 0 Å². The van der Waals surface area contributed by atoms with Gasteiger partial charge in [-0.1, -0.05) is 20.8 Å². The summed E-state index contributed by atoms with van der Waals surface area (Å²) in [6.07, 6.45) is -0.695. The molecule has 3 unspecified atom stereocenters. The van der Waals surface area contributed by atoms with Crippen molar-refractivity contribution in [2.75, 3.05) is 12.8 Å². The highest BCUT2D eigenvalue weighted by atomic mass is 32.5. The number of ether oxygens (including phenoxy) is 2. The molecule has 166 valence electrons. The van der Waals surface area contributed by atoms with Crippen LogP contribution < -0.4 is 11.4 Å². The van der Waals surface area contributed by atoms with Crippen LogP contribution in [-0.2, 0) is 30.3 Å². The van der Waals surface area contributed by atoms with Crippen molar-refractivity contribution < 1.29 is 23.4 Å². The average molecular weight is 450 g/mol. The molecule has 0 aliphatic carbocycles. The molecular formula is C18H32N3O6PS. The van der Waals surface area contributed by atoms with Gasteiger partial charge in [-0.2, -0.15) is 4.98 Å². The molecule has 1 saturated heterocycles. The highest BCUT2D eigenvalue weighted by molar-refractivity contribution is 8.07. The standard InChI is InChI=1S/C18H32N3O6PS/c1-17(2,3)10-11-13(26-28(23,29)27-18(4,5)6)14(24-7)15(25-11)21-9-8-12(19)20-16(21)22/h8-9,11,13-15H,10H2,1-7H3,(H,23,29)(H2,19,20,22)/t11-,13?,14?,15-,28?/m1/s1. The van der Waals surface area contributed by atoms with Crippen LogP contribution in [0.25, 0.3) is 0 Å². The Hall–Kier alpha value is -0.870. The lowest BCUT2D eigenvalue weighted by Gasteiger charge is -2.32. The van der Waals surface area contributed by atoms with Gasteiger partial charge >= 0.3 is 12.4 Å². The van der Waals surface area contributed by atoms with Crippen molar-refractivity contribution in [1.29, 1.82) is 0 Å². The summed E-state index contributed by atoms with van der Waals surface area (Å²) in [5.74, 6) is 0.113. The predicted molar refractivity (Wildman–Crippen MR) is 114 cm³/mol. The molecule has 29 heavy (non-hydrogen) atoms. The Bertz CT molecular complexity index is 819. The molecule has 11 heteroatoms. The summed E-state index contributed by atoms with van der Waals surface area (Å²) in [5, 5.41) is 0. The molecule has 0 amide bonds. The first kappa shape index (κ1) is 24.4. The molecule has 0 radical (unpaired) electrons. The van der Waals surface area contributed by atoms with Crippen molar-refractivity contribution >= 4 is 24.3 Å². The lowest BCUT2D eigenvalue weighted by Crippen LogP contribution is -2.39. The summed E-state index contributed by atoms with van der Waals surface area (Å²) in [7, 11) is 1.48. The molecule has 1 fully saturated rings. The minimum absolute atomic E-state index is 0.113. The molecular weight excluding hydrogens is 417 g/mol. The smallest absolute Gasteiger partial charge is 0.351 e. The van der Waals surface area contributed by atoms with Crippen LogP contribution in [0.3, 0.4) is 0 Å². The van der Waals surface area contributed by atoms with Crippen molar-refractivity contribution in [3.05, 3.63) is 22.7 Å². The maximum Gasteiger partial charge on any atom is 0.351 e. The van der Waals surface area contributed by atoms with Crippen molar-refractivity contribution in [2.24, 2.45) is 5.41 Å². The number of aromatic nitrogens is 2. The molecule has 5 atom stereocenters. The van der Waals surface area contributed by atoms with E-state index in [0.717, 1.165) is 0 Å². The van der Waals surface area contributed by atoms with Crippen LogP contribution in [0.15, 0.2) is 17.1 Å². The molecule has 0 bridgehead atoms. The Kier molecular flexibility index (Phi) is 7.32. The third kappa shape index (κ3) is 6.82. The highest BCUT2D eigenvalue weighted by Gasteiger charge is 2.50. The van der Waals surface area contributed by atoms with E-state index in [9.17, 15) is 9.69 Å². The highest BCUT2D eigenvalue weighted by Crippen LogP contribution is 2.52. The average Bonchev–Trinajstić information content (AvgIpc) is 2.79. The fourth-order valence-corrected chi connectivity index (χ4v) is 5.49. The van der Waals surface area contributed by atoms with Crippen molar-refractivity contribution in [2.45, 2.75) is 78.1 Å². The second-order valence-electron chi connectivity index (χ2n) is 9.31. The van der Waals surface area contributed by atoms with Gasteiger partial charge in [0, 0.05) is 13.3 Å². The summed E-state index contributed by atoms with van der Waals surface area (Å²) >= 11 is 5.24. The normalized spacial score (nSPS) is 27.7. The fourth-order valence-electron chi connectivity index (χ4n) is 3.22. The van der Waals surface area contributed by atoms with Gasteiger partial charge in [0.2, 0.25) is 0 Å². The van der Waals surface area contributed by atoms with Crippen molar-refractivity contribution in [3.63, 3.8) is 0 Å². The number of hydrogen-bond donors (Lipinski definition) is 2. The van der Waals surface area contributed by atoms with Crippen LogP contribution in [0.2, 0.25) is 0 Å². The maximum absolute atomic E-state index is 12.4. The number of methoxy groups -OCH3 is 1. The van der Waals surface area contributed by atoms with E-state index in [1.807, 2.05) is 0 Å². The summed E-state index contributed by atoms with van der Waals surface area (Å²) in [6, 6.07) is 1.50. The van der Waals surface area contributed by atoms with E-state index in [4.69, 9.17) is 36.1 Å². The van der Waals surface area contributed by atoms with E-state index in [0.29, 0.717) is 6.42 Å². The third-order valence-electron chi connectivity index (χ3n) is 4.14. The number of anilines is 1. The second-order valence-corrected chi connectivity index (χ2v) is 12.0. The van der Waals surface area contributed by atoms with Gasteiger partial charge in [0.05, 0.1) is 11.7 Å². The summed E-state index contributed by atoms with van der Waals surface area (Å²) in [5.41, 5.74) is 4.22. The van der Waals surface area contributed by atoms with E-state index in [2.05, 4.69) is 25.8 Å². The zero-order valence-corrected chi connectivity index (χ0v) is 19.7. The summed E-state index contributed by atoms with van der Waals surface area (Å²) in [4.78, 5) is 26.8. The Labute approximate surface area is 176 Å². The van der Waals surface area contributed by atoms with Crippen LogP contribution in [0.5, 0.6) is 0 Å². The Morgan fingerprint density at radius 3 is 2.41 bits per heavy atom. The van der Waals surface area contributed by atoms with Gasteiger partial charge in [-0.15, -0.1) is 0 Å². The monoisotopic (exact) mass is 449 g/mol. The van der Waals surface area contributed by atoms with Gasteiger partial charge in [0.25, 0.3) is 0 Å². The molecule has 2 heterocycles. The zero-order valence-electron chi connectivity index (χ0n) is 18.0. The molecule has 0 spiro atoms. The topological polar surface area (TPSA) is 118 Å². The van der Waals surface area contributed by atoms with E-state index in [-0.39, 0.29) is 11.2 Å². The van der Waals surface area contributed by atoms with Gasteiger partial charge < -0.3 is 24.6 Å². The Balaban J connectivity index is 2.41. The fraction of sp³-hybridized carbons (Fsp3) is 0.778. The van der Waals surface area contributed by atoms with Crippen LogP contribution in [0.1, 0.15) is 54.2 Å². The molecule has 0 aromatic carbocycles. The summed E-state index contributed by atoms with van der Waals surface area (Å²) in [6.45, 7) is 7.90. The molecule has 1 aromatic heterocycles. The van der Waals surface area contributed by atoms with Gasteiger partial charge in [-0.25, -0.2) is 4.79 Å². The largest absolute Gasteiger partial charge is 0.383 e. The predicted octanol–water partition coefficient (Wildman–Crippen LogP) is 2.59. The maximum atomic E-state index is 12.4. The van der Waals surface area contributed by atoms with E-state index in [1.165, 1.54) is 23.9 Å². The van der Waals surface area contributed by atoms with Crippen LogP contribution in [0.4, 0.5) is 5.82 Å². The van der Waals surface area contributed by atoms with Gasteiger partial charge in [0.1, 0.15) is 18.0 Å². The molecule has 1 aliphatic heterocycles. The Morgan fingerprint density at radius 2 is 1.93 bits per heavy atom. The SMILES string of the molecule is COC1C(OP(O)(=S)OC(C)(C)C)[C@@H](CC(C)(C)C)O[C@H]1n1ccc(N)nc1=O. The van der Waals surface area contributed by atoms with Crippen LogP contribution >= 0.6 is 6.72 Å². The van der Waals surface area contributed by atoms with Crippen LogP contribution in [-0.4, -0.2) is 45.5 Å².